The van der Waals surface area contributed by atoms with E-state index >= 15 is 0 Å². The van der Waals surface area contributed by atoms with Crippen molar-refractivity contribution in [3.8, 4) is 0 Å². The molecule has 2 rings (SSSR count). The van der Waals surface area contributed by atoms with Crippen LogP contribution in [0.15, 0.2) is 22.0 Å². The van der Waals surface area contributed by atoms with Crippen molar-refractivity contribution >= 4 is 45.2 Å². The normalized spacial score (nSPS) is 16.2. The number of rotatable bonds is 5. The van der Waals surface area contributed by atoms with Gasteiger partial charge in [0.15, 0.2) is 0 Å². The van der Waals surface area contributed by atoms with Crippen molar-refractivity contribution in [2.75, 3.05) is 19.8 Å². The molecule has 21 heavy (non-hydrogen) atoms. The van der Waals surface area contributed by atoms with E-state index in [2.05, 4.69) is 15.9 Å². The minimum absolute atomic E-state index is 0.0675. The molecule has 2 heterocycles. The van der Waals surface area contributed by atoms with Crippen molar-refractivity contribution < 1.29 is 19.4 Å². The Bertz CT molecular complexity index is 537. The Morgan fingerprint density at radius 2 is 2.19 bits per heavy atom. The third-order valence-electron chi connectivity index (χ3n) is 3.20. The van der Waals surface area contributed by atoms with Crippen LogP contribution in [0.1, 0.15) is 17.7 Å². The lowest BCUT2D eigenvalue weighted by molar-refractivity contribution is -0.145. The largest absolute Gasteiger partial charge is 0.480 e. The van der Waals surface area contributed by atoms with Crippen LogP contribution in [-0.4, -0.2) is 47.7 Å². The van der Waals surface area contributed by atoms with E-state index in [0.29, 0.717) is 26.1 Å². The van der Waals surface area contributed by atoms with Crippen LogP contribution in [0.4, 0.5) is 0 Å². The van der Waals surface area contributed by atoms with Gasteiger partial charge >= 0.3 is 5.97 Å². The monoisotopic (exact) mass is 373 g/mol. The number of carbonyl (C=O) groups excluding carboxylic acids is 1. The molecule has 0 spiro atoms. The van der Waals surface area contributed by atoms with Crippen molar-refractivity contribution in [3.05, 3.63) is 26.9 Å². The van der Waals surface area contributed by atoms with Gasteiger partial charge in [0.1, 0.15) is 6.54 Å². The molecule has 0 bridgehead atoms. The summed E-state index contributed by atoms with van der Waals surface area (Å²) in [5, 5.41) is 10.9. The number of amides is 1. The minimum Gasteiger partial charge on any atom is -0.480 e. The number of aliphatic carboxylic acids is 1. The van der Waals surface area contributed by atoms with Gasteiger partial charge in [-0.3, -0.25) is 9.59 Å². The smallest absolute Gasteiger partial charge is 0.323 e. The Balaban J connectivity index is 2.05. The molecule has 5 nitrogen and oxygen atoms in total. The van der Waals surface area contributed by atoms with Gasteiger partial charge in [-0.2, -0.15) is 0 Å². The lowest BCUT2D eigenvalue weighted by Gasteiger charge is -2.32. The quantitative estimate of drug-likeness (QED) is 0.805. The van der Waals surface area contributed by atoms with Gasteiger partial charge < -0.3 is 14.7 Å². The summed E-state index contributed by atoms with van der Waals surface area (Å²) in [7, 11) is 0. The van der Waals surface area contributed by atoms with Crippen LogP contribution in [0.3, 0.4) is 0 Å². The third-order valence-corrected chi connectivity index (χ3v) is 4.86. The maximum absolute atomic E-state index is 12.3. The van der Waals surface area contributed by atoms with Crippen molar-refractivity contribution in [1.29, 1.82) is 0 Å². The Labute approximate surface area is 135 Å². The van der Waals surface area contributed by atoms with E-state index in [4.69, 9.17) is 9.84 Å². The molecular formula is C14H16BrNO4S. The SMILES string of the molecule is O=C(O)CN(C(=O)C=Cc1cc(Br)cs1)C1CCOCC1. The van der Waals surface area contributed by atoms with E-state index < -0.39 is 5.97 Å². The number of carboxylic acids is 1. The second-order valence-corrected chi connectivity index (χ2v) is 6.56. The van der Waals surface area contributed by atoms with Gasteiger partial charge in [0.25, 0.3) is 0 Å². The highest BCUT2D eigenvalue weighted by molar-refractivity contribution is 9.10. The van der Waals surface area contributed by atoms with E-state index in [9.17, 15) is 9.59 Å². The zero-order chi connectivity index (χ0) is 15.2. The maximum Gasteiger partial charge on any atom is 0.323 e. The minimum atomic E-state index is -0.998. The summed E-state index contributed by atoms with van der Waals surface area (Å²) in [6, 6.07) is 1.84. The van der Waals surface area contributed by atoms with Crippen LogP contribution in [0, 0.1) is 0 Å². The molecule has 1 aromatic heterocycles. The molecule has 1 aliphatic rings. The number of thiophene rings is 1. The molecule has 114 valence electrons. The van der Waals surface area contributed by atoms with Crippen LogP contribution in [-0.2, 0) is 14.3 Å². The highest BCUT2D eigenvalue weighted by Crippen LogP contribution is 2.21. The Morgan fingerprint density at radius 1 is 1.48 bits per heavy atom. The Hall–Kier alpha value is -1.18. The van der Waals surface area contributed by atoms with E-state index in [1.807, 2.05) is 11.4 Å². The maximum atomic E-state index is 12.3. The summed E-state index contributed by atoms with van der Waals surface area (Å²) in [6.45, 7) is 0.854. The second-order valence-electron chi connectivity index (χ2n) is 4.70. The van der Waals surface area contributed by atoms with Gasteiger partial charge in [0.05, 0.1) is 0 Å². The number of hydrogen-bond acceptors (Lipinski definition) is 4. The highest BCUT2D eigenvalue weighted by atomic mass is 79.9. The molecule has 1 fully saturated rings. The first-order chi connectivity index (χ1) is 10.1. The first-order valence-electron chi connectivity index (χ1n) is 6.58. The molecule has 0 aromatic carbocycles. The Morgan fingerprint density at radius 3 is 2.76 bits per heavy atom. The van der Waals surface area contributed by atoms with Crippen molar-refractivity contribution in [2.24, 2.45) is 0 Å². The van der Waals surface area contributed by atoms with Crippen LogP contribution >= 0.6 is 27.3 Å². The standard InChI is InChI=1S/C14H16BrNO4S/c15-10-7-12(21-9-10)1-2-13(17)16(8-14(18)19)11-3-5-20-6-4-11/h1-2,7,9,11H,3-6,8H2,(H,18,19). The molecule has 0 aliphatic carbocycles. The predicted molar refractivity (Wildman–Crippen MR) is 84.2 cm³/mol. The van der Waals surface area contributed by atoms with Crippen LogP contribution < -0.4 is 0 Å². The van der Waals surface area contributed by atoms with E-state index in [1.54, 1.807) is 6.08 Å². The molecule has 0 unspecified atom stereocenters. The van der Waals surface area contributed by atoms with E-state index in [1.165, 1.54) is 22.3 Å². The van der Waals surface area contributed by atoms with Gasteiger partial charge in [0.2, 0.25) is 5.91 Å². The summed E-state index contributed by atoms with van der Waals surface area (Å²) in [5.41, 5.74) is 0. The fraction of sp³-hybridized carbons (Fsp3) is 0.429. The molecule has 7 heteroatoms. The highest BCUT2D eigenvalue weighted by Gasteiger charge is 2.26. The zero-order valence-electron chi connectivity index (χ0n) is 11.3. The molecule has 1 amide bonds. The summed E-state index contributed by atoms with van der Waals surface area (Å²) in [5.74, 6) is -1.27. The third kappa shape index (κ3) is 4.94. The zero-order valence-corrected chi connectivity index (χ0v) is 13.7. The van der Waals surface area contributed by atoms with E-state index in [-0.39, 0.29) is 18.5 Å². The van der Waals surface area contributed by atoms with Crippen LogP contribution in [0.2, 0.25) is 0 Å². The van der Waals surface area contributed by atoms with E-state index in [0.717, 1.165) is 9.35 Å². The summed E-state index contributed by atoms with van der Waals surface area (Å²) in [4.78, 5) is 25.6. The molecule has 0 radical (unpaired) electrons. The predicted octanol–water partition coefficient (Wildman–Crippen LogP) is 2.62. The van der Waals surface area contributed by atoms with Gasteiger partial charge in [0, 0.05) is 40.1 Å². The van der Waals surface area contributed by atoms with Gasteiger partial charge in [-0.15, -0.1) is 11.3 Å². The number of carbonyl (C=O) groups is 2. The van der Waals surface area contributed by atoms with Crippen molar-refractivity contribution in [3.63, 3.8) is 0 Å². The van der Waals surface area contributed by atoms with Crippen LogP contribution in [0.25, 0.3) is 6.08 Å². The number of halogens is 1. The lowest BCUT2D eigenvalue weighted by atomic mass is 10.1. The van der Waals surface area contributed by atoms with Gasteiger partial charge in [-0.1, -0.05) is 0 Å². The molecule has 0 saturated carbocycles. The molecule has 1 aliphatic heterocycles. The van der Waals surface area contributed by atoms with Gasteiger partial charge in [-0.25, -0.2) is 0 Å². The summed E-state index contributed by atoms with van der Waals surface area (Å²) < 4.78 is 6.22. The molecular weight excluding hydrogens is 358 g/mol. The first kappa shape index (κ1) is 16.2. The fourth-order valence-electron chi connectivity index (χ4n) is 2.19. The number of ether oxygens (including phenoxy) is 1. The average Bonchev–Trinajstić information content (AvgIpc) is 2.88. The van der Waals surface area contributed by atoms with Crippen molar-refractivity contribution in [2.45, 2.75) is 18.9 Å². The Kier molecular flexibility index (Phi) is 5.96. The molecule has 1 aromatic rings. The summed E-state index contributed by atoms with van der Waals surface area (Å²) in [6.07, 6.45) is 4.51. The molecule has 1 saturated heterocycles. The first-order valence-corrected chi connectivity index (χ1v) is 8.26. The number of hydrogen-bond donors (Lipinski definition) is 1. The fourth-order valence-corrected chi connectivity index (χ4v) is 3.53. The molecule has 0 atom stereocenters. The van der Waals surface area contributed by atoms with Crippen molar-refractivity contribution in [1.82, 2.24) is 4.90 Å². The topological polar surface area (TPSA) is 66.8 Å². The second kappa shape index (κ2) is 7.72. The summed E-state index contributed by atoms with van der Waals surface area (Å²) >= 11 is 4.86. The molecule has 1 N–H and O–H groups in total. The van der Waals surface area contributed by atoms with Gasteiger partial charge in [-0.05, 0) is 40.9 Å². The average molecular weight is 374 g/mol. The number of nitrogens with zero attached hydrogens (tertiary/aromatic N) is 1. The lowest BCUT2D eigenvalue weighted by Crippen LogP contribution is -2.45. The number of carboxylic acid groups (broad SMARTS) is 1. The van der Waals surface area contributed by atoms with Crippen LogP contribution in [0.5, 0.6) is 0 Å².